The van der Waals surface area contributed by atoms with Gasteiger partial charge >= 0.3 is 0 Å². The van der Waals surface area contributed by atoms with Crippen LogP contribution >= 0.6 is 0 Å². The molecule has 0 radical (unpaired) electrons. The number of fused-ring (bicyclic) bond motifs is 1. The zero-order valence-electron chi connectivity index (χ0n) is 6.37. The largest absolute Gasteiger partial charge is 0.512 e. The smallest absolute Gasteiger partial charge is 0.175 e. The van der Waals surface area contributed by atoms with E-state index in [1.54, 1.807) is 12.1 Å². The maximum absolute atomic E-state index is 10.1. The van der Waals surface area contributed by atoms with Gasteiger partial charge in [-0.15, -0.1) is 4.91 Å². The molecule has 2 N–H and O–H groups in total. The minimum atomic E-state index is 0.325. The molecular formula is C8H8N2O2. The Labute approximate surface area is 68.9 Å². The minimum absolute atomic E-state index is 0.325. The van der Waals surface area contributed by atoms with Gasteiger partial charge in [-0.1, -0.05) is 0 Å². The first-order chi connectivity index (χ1) is 5.79. The number of nitrogens with zero attached hydrogens (tertiary/aromatic N) is 1. The highest BCUT2D eigenvalue weighted by Gasteiger charge is 2.12. The van der Waals surface area contributed by atoms with E-state index in [4.69, 9.17) is 0 Å². The maximum atomic E-state index is 10.1. The molecule has 4 heteroatoms. The van der Waals surface area contributed by atoms with Crippen molar-refractivity contribution in [1.82, 2.24) is 4.98 Å². The molecule has 2 rings (SSSR count). The lowest BCUT2D eigenvalue weighted by Gasteiger charge is -2.06. The first-order valence-corrected chi connectivity index (χ1v) is 3.74. The van der Waals surface area contributed by atoms with Crippen molar-refractivity contribution in [1.29, 1.82) is 0 Å². The van der Waals surface area contributed by atoms with Crippen molar-refractivity contribution in [3.05, 3.63) is 28.0 Å². The van der Waals surface area contributed by atoms with Gasteiger partial charge in [0.25, 0.3) is 0 Å². The molecule has 1 aliphatic rings. The van der Waals surface area contributed by atoms with Gasteiger partial charge in [-0.3, -0.25) is 0 Å². The van der Waals surface area contributed by atoms with Gasteiger partial charge in [0.05, 0.1) is 5.76 Å². The molecule has 1 heterocycles. The number of aliphatic hydroxyl groups is 1. The van der Waals surface area contributed by atoms with Gasteiger partial charge in [-0.05, 0) is 29.3 Å². The van der Waals surface area contributed by atoms with Crippen LogP contribution < -0.4 is 0 Å². The van der Waals surface area contributed by atoms with Crippen molar-refractivity contribution in [2.75, 3.05) is 0 Å². The van der Waals surface area contributed by atoms with E-state index in [-0.39, 0.29) is 0 Å². The molecule has 0 unspecified atom stereocenters. The molecule has 1 aromatic rings. The van der Waals surface area contributed by atoms with Crippen molar-refractivity contribution in [3.8, 4) is 0 Å². The van der Waals surface area contributed by atoms with E-state index in [0.29, 0.717) is 18.0 Å². The fraction of sp³-hybridized carbons (Fsp3) is 0.250. The number of aromatic amines is 1. The molecule has 0 spiro atoms. The molecule has 4 nitrogen and oxygen atoms in total. The highest BCUT2D eigenvalue weighted by molar-refractivity contribution is 5.58. The molecule has 12 heavy (non-hydrogen) atoms. The minimum Gasteiger partial charge on any atom is -0.512 e. The van der Waals surface area contributed by atoms with Crippen LogP contribution in [0.5, 0.6) is 0 Å². The lowest BCUT2D eigenvalue weighted by Crippen LogP contribution is -1.95. The fourth-order valence-corrected chi connectivity index (χ4v) is 1.38. The summed E-state index contributed by atoms with van der Waals surface area (Å²) >= 11 is 0. The van der Waals surface area contributed by atoms with E-state index in [1.807, 2.05) is 0 Å². The number of allylic oxidation sites excluding steroid dienone is 1. The van der Waals surface area contributed by atoms with E-state index in [9.17, 15) is 10.0 Å². The maximum Gasteiger partial charge on any atom is 0.175 e. The summed E-state index contributed by atoms with van der Waals surface area (Å²) in [5, 5.41) is 12.0. The molecule has 62 valence electrons. The van der Waals surface area contributed by atoms with Crippen LogP contribution in [0.4, 0.5) is 5.82 Å². The first kappa shape index (κ1) is 7.09. The van der Waals surface area contributed by atoms with Crippen molar-refractivity contribution in [2.24, 2.45) is 5.18 Å². The van der Waals surface area contributed by atoms with Crippen LogP contribution in [0.15, 0.2) is 17.0 Å². The Morgan fingerprint density at radius 3 is 3.08 bits per heavy atom. The summed E-state index contributed by atoms with van der Waals surface area (Å²) in [6, 6.07) is 1.71. The van der Waals surface area contributed by atoms with Crippen molar-refractivity contribution < 1.29 is 5.11 Å². The van der Waals surface area contributed by atoms with Gasteiger partial charge in [-0.25, -0.2) is 0 Å². The van der Waals surface area contributed by atoms with Gasteiger partial charge in [0.2, 0.25) is 0 Å². The van der Waals surface area contributed by atoms with Gasteiger partial charge in [0, 0.05) is 12.1 Å². The molecule has 1 aliphatic carbocycles. The molecule has 0 amide bonds. The molecular weight excluding hydrogens is 156 g/mol. The van der Waals surface area contributed by atoms with Crippen LogP contribution in [-0.4, -0.2) is 10.1 Å². The number of rotatable bonds is 1. The van der Waals surface area contributed by atoms with Crippen molar-refractivity contribution >= 4 is 11.9 Å². The highest BCUT2D eigenvalue weighted by atomic mass is 16.3. The summed E-state index contributed by atoms with van der Waals surface area (Å²) in [6.45, 7) is 0. The Hall–Kier alpha value is -1.58. The molecule has 0 aliphatic heterocycles. The Balaban J connectivity index is 2.48. The van der Waals surface area contributed by atoms with E-state index in [1.165, 1.54) is 0 Å². The van der Waals surface area contributed by atoms with Crippen LogP contribution in [0, 0.1) is 4.91 Å². The van der Waals surface area contributed by atoms with Gasteiger partial charge < -0.3 is 10.1 Å². The van der Waals surface area contributed by atoms with Crippen molar-refractivity contribution in [2.45, 2.75) is 12.8 Å². The lowest BCUT2D eigenvalue weighted by atomic mass is 10.0. The standard InChI is InChI=1S/C8H8N2O2/c11-6-2-1-5-3-8(10-12)9-7(5)4-6/h3-4,9,11H,1-2H2. The number of nitroso groups, excluding NO2 is 1. The Bertz CT molecular complexity index is 352. The third-order valence-corrected chi connectivity index (χ3v) is 1.98. The monoisotopic (exact) mass is 164 g/mol. The average molecular weight is 164 g/mol. The summed E-state index contributed by atoms with van der Waals surface area (Å²) < 4.78 is 0. The molecule has 1 aromatic heterocycles. The topological polar surface area (TPSA) is 65.5 Å². The molecule has 0 saturated carbocycles. The van der Waals surface area contributed by atoms with Crippen LogP contribution in [0.2, 0.25) is 0 Å². The zero-order valence-corrected chi connectivity index (χ0v) is 6.37. The number of aryl methyl sites for hydroxylation is 1. The summed E-state index contributed by atoms with van der Waals surface area (Å²) in [7, 11) is 0. The molecule has 0 atom stereocenters. The van der Waals surface area contributed by atoms with E-state index < -0.39 is 0 Å². The Morgan fingerprint density at radius 1 is 1.50 bits per heavy atom. The molecule has 0 fully saturated rings. The van der Waals surface area contributed by atoms with Crippen molar-refractivity contribution in [3.63, 3.8) is 0 Å². The average Bonchev–Trinajstić information content (AvgIpc) is 2.46. The summed E-state index contributed by atoms with van der Waals surface area (Å²) in [4.78, 5) is 12.9. The number of hydrogen-bond acceptors (Lipinski definition) is 3. The Morgan fingerprint density at radius 2 is 2.33 bits per heavy atom. The molecule has 0 saturated heterocycles. The second-order valence-electron chi connectivity index (χ2n) is 2.82. The third kappa shape index (κ3) is 1.01. The number of H-pyrrole nitrogens is 1. The quantitative estimate of drug-likeness (QED) is 0.625. The van der Waals surface area contributed by atoms with Crippen LogP contribution in [0.25, 0.3) is 6.08 Å². The first-order valence-electron chi connectivity index (χ1n) is 3.74. The summed E-state index contributed by atoms with van der Waals surface area (Å²) in [5.74, 6) is 0.674. The number of hydrogen-bond donors (Lipinski definition) is 2. The number of nitrogens with one attached hydrogen (secondary N) is 1. The highest BCUT2D eigenvalue weighted by Crippen LogP contribution is 2.25. The van der Waals surface area contributed by atoms with E-state index in [0.717, 1.165) is 17.7 Å². The van der Waals surface area contributed by atoms with Gasteiger partial charge in [0.1, 0.15) is 0 Å². The fourth-order valence-electron chi connectivity index (χ4n) is 1.38. The number of aromatic nitrogens is 1. The van der Waals surface area contributed by atoms with Crippen LogP contribution in [0.1, 0.15) is 17.7 Å². The van der Waals surface area contributed by atoms with Crippen LogP contribution in [-0.2, 0) is 6.42 Å². The summed E-state index contributed by atoms with van der Waals surface area (Å²) in [5.41, 5.74) is 1.84. The normalized spacial score (nSPS) is 15.2. The Kier molecular flexibility index (Phi) is 1.46. The SMILES string of the molecule is O=Nc1cc2c([nH]1)C=C(O)CC2. The predicted octanol–water partition coefficient (Wildman–Crippen LogP) is 2.26. The predicted molar refractivity (Wildman–Crippen MR) is 45.2 cm³/mol. The van der Waals surface area contributed by atoms with Gasteiger partial charge in [-0.2, -0.15) is 0 Å². The lowest BCUT2D eigenvalue weighted by molar-refractivity contribution is 0.391. The molecule has 0 bridgehead atoms. The number of aliphatic hydroxyl groups excluding tert-OH is 1. The molecule has 0 aromatic carbocycles. The third-order valence-electron chi connectivity index (χ3n) is 1.98. The second kappa shape index (κ2) is 2.48. The second-order valence-corrected chi connectivity index (χ2v) is 2.82. The van der Waals surface area contributed by atoms with Crippen LogP contribution in [0.3, 0.4) is 0 Å². The van der Waals surface area contributed by atoms with E-state index in [2.05, 4.69) is 10.2 Å². The zero-order chi connectivity index (χ0) is 8.55. The van der Waals surface area contributed by atoms with E-state index >= 15 is 0 Å². The summed E-state index contributed by atoms with van der Waals surface area (Å²) in [6.07, 6.45) is 3.04. The van der Waals surface area contributed by atoms with Gasteiger partial charge in [0.15, 0.2) is 5.82 Å².